The number of aryl methyl sites for hydroxylation is 1. The van der Waals surface area contributed by atoms with E-state index in [1.807, 2.05) is 0 Å². The molecule has 0 fully saturated rings. The lowest BCUT2D eigenvalue weighted by Crippen LogP contribution is -2.44. The molecular weight excluding hydrogens is 298 g/mol. The Kier molecular flexibility index (Phi) is 5.13. The second kappa shape index (κ2) is 6.27. The molecule has 0 radical (unpaired) electrons. The molecule has 9 heteroatoms. The number of sulfonamides is 1. The molecule has 1 aromatic heterocycles. The van der Waals surface area contributed by atoms with E-state index >= 15 is 0 Å². The van der Waals surface area contributed by atoms with Gasteiger partial charge in [-0.2, -0.15) is 4.72 Å². The van der Waals surface area contributed by atoms with Crippen LogP contribution >= 0.6 is 0 Å². The minimum atomic E-state index is -3.97. The number of nitrogens with two attached hydrogens (primary N) is 1. The summed E-state index contributed by atoms with van der Waals surface area (Å²) >= 11 is 0. The van der Waals surface area contributed by atoms with Gasteiger partial charge in [0.1, 0.15) is 16.6 Å². The van der Waals surface area contributed by atoms with Gasteiger partial charge in [-0.3, -0.25) is 9.59 Å². The molecule has 1 aromatic rings. The highest BCUT2D eigenvalue weighted by Crippen LogP contribution is 2.15. The molecule has 3 N–H and O–H groups in total. The Hall–Kier alpha value is -1.87. The lowest BCUT2D eigenvalue weighted by Gasteiger charge is -2.19. The predicted molar refractivity (Wildman–Crippen MR) is 74.9 cm³/mol. The Labute approximate surface area is 123 Å². The van der Waals surface area contributed by atoms with Crippen LogP contribution in [0, 0.1) is 5.92 Å². The van der Waals surface area contributed by atoms with Crippen molar-refractivity contribution in [2.75, 3.05) is 7.11 Å². The van der Waals surface area contributed by atoms with Gasteiger partial charge in [-0.25, -0.2) is 8.42 Å². The summed E-state index contributed by atoms with van der Waals surface area (Å²) in [5.41, 5.74) is 5.19. The van der Waals surface area contributed by atoms with Crippen molar-refractivity contribution in [3.8, 4) is 0 Å². The number of methoxy groups -OCH3 is 1. The predicted octanol–water partition coefficient (Wildman–Crippen LogP) is -0.400. The molecule has 1 atom stereocenters. The van der Waals surface area contributed by atoms with Crippen LogP contribution in [0.2, 0.25) is 0 Å². The van der Waals surface area contributed by atoms with Crippen molar-refractivity contribution in [2.24, 2.45) is 18.7 Å². The molecule has 0 aromatic carbocycles. The largest absolute Gasteiger partial charge is 0.468 e. The van der Waals surface area contributed by atoms with Gasteiger partial charge in [0.2, 0.25) is 10.0 Å². The number of esters is 1. The van der Waals surface area contributed by atoms with Crippen LogP contribution in [0.25, 0.3) is 0 Å². The fourth-order valence-corrected chi connectivity index (χ4v) is 3.15. The number of carbonyl (C=O) groups is 2. The summed E-state index contributed by atoms with van der Waals surface area (Å²) in [4.78, 5) is 22.6. The average Bonchev–Trinajstić information content (AvgIpc) is 2.78. The number of amides is 1. The van der Waals surface area contributed by atoms with Crippen LogP contribution in [0.3, 0.4) is 0 Å². The van der Waals surface area contributed by atoms with Crippen LogP contribution in [-0.2, 0) is 26.6 Å². The number of nitrogens with one attached hydrogen (secondary N) is 1. The van der Waals surface area contributed by atoms with E-state index in [2.05, 4.69) is 9.46 Å². The molecule has 1 amide bonds. The van der Waals surface area contributed by atoms with Crippen LogP contribution in [0.4, 0.5) is 0 Å². The van der Waals surface area contributed by atoms with Crippen molar-refractivity contribution < 1.29 is 22.7 Å². The molecule has 1 unspecified atom stereocenters. The first-order valence-corrected chi connectivity index (χ1v) is 7.64. The van der Waals surface area contributed by atoms with Crippen molar-refractivity contribution in [2.45, 2.75) is 24.8 Å². The second-order valence-electron chi connectivity index (χ2n) is 4.90. The smallest absolute Gasteiger partial charge is 0.324 e. The molecule has 8 nitrogen and oxygen atoms in total. The van der Waals surface area contributed by atoms with Gasteiger partial charge in [0.25, 0.3) is 5.91 Å². The van der Waals surface area contributed by atoms with E-state index in [9.17, 15) is 18.0 Å². The maximum atomic E-state index is 12.3. The second-order valence-corrected chi connectivity index (χ2v) is 6.62. The number of hydrogen-bond donors (Lipinski definition) is 2. The van der Waals surface area contributed by atoms with Crippen molar-refractivity contribution in [1.29, 1.82) is 0 Å². The molecule has 0 aliphatic heterocycles. The minimum absolute atomic E-state index is 0.0505. The fraction of sp³-hybridized carbons (Fsp3) is 0.500. The number of carbonyl (C=O) groups excluding carboxylic acids is 2. The van der Waals surface area contributed by atoms with E-state index in [4.69, 9.17) is 5.73 Å². The molecule has 118 valence electrons. The Morgan fingerprint density at radius 2 is 1.95 bits per heavy atom. The van der Waals surface area contributed by atoms with Crippen molar-refractivity contribution >= 4 is 21.9 Å². The Morgan fingerprint density at radius 3 is 2.33 bits per heavy atom. The number of hydrogen-bond acceptors (Lipinski definition) is 5. The number of primary amides is 1. The normalized spacial score (nSPS) is 13.2. The third kappa shape index (κ3) is 3.82. The maximum Gasteiger partial charge on any atom is 0.324 e. The highest BCUT2D eigenvalue weighted by molar-refractivity contribution is 7.89. The third-order valence-corrected chi connectivity index (χ3v) is 4.35. The maximum absolute atomic E-state index is 12.3. The standard InChI is InChI=1S/C12H19N3O5S/c1-7(2)10(12(17)20-4)14-21(18,19)8-5-9(11(13)16)15(3)6-8/h5-7,10,14H,1-4H3,(H2,13,16). The first-order valence-electron chi connectivity index (χ1n) is 6.16. The number of aromatic nitrogens is 1. The van der Waals surface area contributed by atoms with Crippen molar-refractivity contribution in [1.82, 2.24) is 9.29 Å². The van der Waals surface area contributed by atoms with E-state index in [-0.39, 0.29) is 16.5 Å². The SMILES string of the molecule is COC(=O)C(NS(=O)(=O)c1cc(C(N)=O)n(C)c1)C(C)C. The molecule has 0 spiro atoms. The molecule has 21 heavy (non-hydrogen) atoms. The molecule has 0 saturated carbocycles. The van der Waals surface area contributed by atoms with Gasteiger partial charge < -0.3 is 15.0 Å². The van der Waals surface area contributed by atoms with Crippen LogP contribution in [0.1, 0.15) is 24.3 Å². The lowest BCUT2D eigenvalue weighted by molar-refractivity contribution is -0.143. The van der Waals surface area contributed by atoms with E-state index < -0.39 is 27.9 Å². The van der Waals surface area contributed by atoms with Crippen LogP contribution < -0.4 is 10.5 Å². The number of nitrogens with zero attached hydrogens (tertiary/aromatic N) is 1. The van der Waals surface area contributed by atoms with Gasteiger partial charge in [0.05, 0.1) is 7.11 Å². The van der Waals surface area contributed by atoms with Gasteiger partial charge in [0, 0.05) is 13.2 Å². The summed E-state index contributed by atoms with van der Waals surface area (Å²) in [6, 6.07) is 0.136. The van der Waals surface area contributed by atoms with Gasteiger partial charge in [-0.05, 0) is 12.0 Å². The van der Waals surface area contributed by atoms with Gasteiger partial charge >= 0.3 is 5.97 Å². The van der Waals surface area contributed by atoms with Crippen LogP contribution in [0.15, 0.2) is 17.2 Å². The Morgan fingerprint density at radius 1 is 1.38 bits per heavy atom. The highest BCUT2D eigenvalue weighted by atomic mass is 32.2. The first-order chi connectivity index (χ1) is 9.60. The summed E-state index contributed by atoms with van der Waals surface area (Å²) in [7, 11) is -1.29. The quantitative estimate of drug-likeness (QED) is 0.692. The zero-order valence-electron chi connectivity index (χ0n) is 12.3. The molecule has 0 saturated heterocycles. The van der Waals surface area contributed by atoms with E-state index in [1.54, 1.807) is 13.8 Å². The zero-order chi connectivity index (χ0) is 16.4. The summed E-state index contributed by atoms with van der Waals surface area (Å²) in [6.45, 7) is 3.37. The fourth-order valence-electron chi connectivity index (χ4n) is 1.74. The molecular formula is C12H19N3O5S. The van der Waals surface area contributed by atoms with Gasteiger partial charge in [0.15, 0.2) is 0 Å². The van der Waals surface area contributed by atoms with Crippen LogP contribution in [0.5, 0.6) is 0 Å². The molecule has 0 bridgehead atoms. The molecule has 1 heterocycles. The van der Waals surface area contributed by atoms with Crippen LogP contribution in [-0.4, -0.2) is 38.0 Å². The Bertz CT molecular complexity index is 648. The highest BCUT2D eigenvalue weighted by Gasteiger charge is 2.30. The van der Waals surface area contributed by atoms with E-state index in [0.717, 1.165) is 6.07 Å². The summed E-state index contributed by atoms with van der Waals surface area (Å²) in [5.74, 6) is -1.72. The molecule has 1 rings (SSSR count). The number of ether oxygens (including phenoxy) is 1. The van der Waals surface area contributed by atoms with Crippen molar-refractivity contribution in [3.05, 3.63) is 18.0 Å². The lowest BCUT2D eigenvalue weighted by atomic mass is 10.1. The number of rotatable bonds is 6. The van der Waals surface area contributed by atoms with Gasteiger partial charge in [-0.1, -0.05) is 13.8 Å². The first kappa shape index (κ1) is 17.2. The molecule has 0 aliphatic carbocycles. The average molecular weight is 317 g/mol. The summed E-state index contributed by atoms with van der Waals surface area (Å²) < 4.78 is 32.7. The monoisotopic (exact) mass is 317 g/mol. The molecule has 0 aliphatic rings. The third-order valence-electron chi connectivity index (χ3n) is 2.95. The zero-order valence-corrected chi connectivity index (χ0v) is 13.1. The van der Waals surface area contributed by atoms with Gasteiger partial charge in [-0.15, -0.1) is 0 Å². The topological polar surface area (TPSA) is 120 Å². The summed E-state index contributed by atoms with van der Waals surface area (Å²) in [6.07, 6.45) is 1.25. The van der Waals surface area contributed by atoms with E-state index in [1.165, 1.54) is 24.9 Å². The summed E-state index contributed by atoms with van der Waals surface area (Å²) in [5, 5.41) is 0. The Balaban J connectivity index is 3.13. The van der Waals surface area contributed by atoms with Crippen molar-refractivity contribution in [3.63, 3.8) is 0 Å². The minimum Gasteiger partial charge on any atom is -0.468 e. The van der Waals surface area contributed by atoms with E-state index in [0.29, 0.717) is 0 Å².